The van der Waals surface area contributed by atoms with Crippen LogP contribution in [0.3, 0.4) is 0 Å². The summed E-state index contributed by atoms with van der Waals surface area (Å²) in [5.74, 6) is -0.889. The molecule has 7 heteroatoms. The van der Waals surface area contributed by atoms with Gasteiger partial charge in [0.2, 0.25) is 5.91 Å². The summed E-state index contributed by atoms with van der Waals surface area (Å²) in [6, 6.07) is 9.23. The summed E-state index contributed by atoms with van der Waals surface area (Å²) in [7, 11) is 0. The normalized spacial score (nSPS) is 17.5. The number of amides is 1. The number of aliphatic hydroxyl groups is 1. The minimum absolute atomic E-state index is 0.0570. The second-order valence-electron chi connectivity index (χ2n) is 7.65. The van der Waals surface area contributed by atoms with E-state index in [2.05, 4.69) is 6.92 Å². The Kier molecular flexibility index (Phi) is 8.01. The summed E-state index contributed by atoms with van der Waals surface area (Å²) >= 11 is 1.18. The van der Waals surface area contributed by atoms with E-state index >= 15 is 0 Å². The van der Waals surface area contributed by atoms with Crippen molar-refractivity contribution in [3.8, 4) is 0 Å². The summed E-state index contributed by atoms with van der Waals surface area (Å²) in [6.07, 6.45) is 4.66. The van der Waals surface area contributed by atoms with E-state index in [1.54, 1.807) is 16.3 Å². The van der Waals surface area contributed by atoms with Crippen molar-refractivity contribution >= 4 is 28.9 Å². The number of nitrogens with zero attached hydrogens (tertiary/aromatic N) is 1. The van der Waals surface area contributed by atoms with E-state index in [-0.39, 0.29) is 18.6 Å². The molecule has 0 bridgehead atoms. The third kappa shape index (κ3) is 5.47. The lowest BCUT2D eigenvalue weighted by molar-refractivity contribution is -0.117. The van der Waals surface area contributed by atoms with Crippen LogP contribution in [0.1, 0.15) is 72.4 Å². The van der Waals surface area contributed by atoms with E-state index in [0.717, 1.165) is 36.9 Å². The maximum atomic E-state index is 12.5. The second-order valence-corrected chi connectivity index (χ2v) is 8.57. The van der Waals surface area contributed by atoms with Crippen molar-refractivity contribution in [1.82, 2.24) is 0 Å². The highest BCUT2D eigenvalue weighted by Crippen LogP contribution is 2.29. The maximum Gasteiger partial charge on any atom is 0.346 e. The minimum atomic E-state index is -0.946. The van der Waals surface area contributed by atoms with Crippen LogP contribution in [0.5, 0.6) is 0 Å². The molecule has 0 unspecified atom stereocenters. The van der Waals surface area contributed by atoms with Crippen molar-refractivity contribution in [3.63, 3.8) is 0 Å². The Morgan fingerprint density at radius 2 is 2.03 bits per heavy atom. The number of benzene rings is 1. The first-order valence-electron chi connectivity index (χ1n) is 10.5. The molecular formula is C23H29NO5S. The smallest absolute Gasteiger partial charge is 0.346 e. The topological polar surface area (TPSA) is 87.1 Å². The van der Waals surface area contributed by atoms with Crippen LogP contribution >= 0.6 is 11.3 Å². The summed E-state index contributed by atoms with van der Waals surface area (Å²) in [6.45, 7) is 2.70. The number of unbranched alkanes of at least 4 members (excludes halogenated alkanes) is 2. The minimum Gasteiger partial charge on any atom is -0.477 e. The zero-order chi connectivity index (χ0) is 21.5. The second kappa shape index (κ2) is 10.7. The van der Waals surface area contributed by atoms with Crippen LogP contribution in [-0.2, 0) is 16.1 Å². The fourth-order valence-electron chi connectivity index (χ4n) is 3.81. The van der Waals surface area contributed by atoms with Gasteiger partial charge in [-0.2, -0.15) is 0 Å². The predicted octanol–water partition coefficient (Wildman–Crippen LogP) is 4.77. The molecule has 1 aliphatic heterocycles. The Morgan fingerprint density at radius 1 is 1.27 bits per heavy atom. The Hall–Kier alpha value is -2.22. The molecule has 30 heavy (non-hydrogen) atoms. The third-order valence-electron chi connectivity index (χ3n) is 5.47. The fraction of sp³-hybridized carbons (Fsp3) is 0.478. The van der Waals surface area contributed by atoms with Crippen molar-refractivity contribution in [2.45, 2.75) is 64.2 Å². The number of carboxylic acids is 1. The molecule has 0 saturated carbocycles. The van der Waals surface area contributed by atoms with Crippen LogP contribution in [-0.4, -0.2) is 34.7 Å². The fourth-order valence-corrected chi connectivity index (χ4v) is 4.56. The maximum absolute atomic E-state index is 12.5. The Labute approximate surface area is 181 Å². The van der Waals surface area contributed by atoms with Gasteiger partial charge < -0.3 is 19.8 Å². The highest BCUT2D eigenvalue weighted by Gasteiger charge is 2.32. The van der Waals surface area contributed by atoms with Crippen LogP contribution in [0.25, 0.3) is 0 Å². The summed E-state index contributed by atoms with van der Waals surface area (Å²) in [4.78, 5) is 25.7. The average Bonchev–Trinajstić information content (AvgIpc) is 3.35. The quantitative estimate of drug-likeness (QED) is 0.500. The number of carboxylic acid groups (broad SMARTS) is 1. The molecule has 0 spiro atoms. The summed E-state index contributed by atoms with van der Waals surface area (Å²) < 4.78 is 5.78. The first kappa shape index (κ1) is 22.5. The molecule has 3 rings (SSSR count). The van der Waals surface area contributed by atoms with E-state index in [4.69, 9.17) is 4.74 Å². The predicted molar refractivity (Wildman–Crippen MR) is 117 cm³/mol. The molecule has 1 amide bonds. The van der Waals surface area contributed by atoms with E-state index < -0.39 is 12.1 Å². The molecular weight excluding hydrogens is 402 g/mol. The third-order valence-corrected chi connectivity index (χ3v) is 6.42. The van der Waals surface area contributed by atoms with Crippen molar-refractivity contribution in [1.29, 1.82) is 0 Å². The van der Waals surface area contributed by atoms with Crippen molar-refractivity contribution in [3.05, 3.63) is 51.7 Å². The van der Waals surface area contributed by atoms with Gasteiger partial charge in [-0.3, -0.25) is 4.79 Å². The first-order chi connectivity index (χ1) is 14.5. The van der Waals surface area contributed by atoms with Crippen LogP contribution in [0.2, 0.25) is 0 Å². The van der Waals surface area contributed by atoms with Crippen molar-refractivity contribution in [2.24, 2.45) is 0 Å². The number of aromatic carboxylic acids is 1. The molecule has 2 heterocycles. The highest BCUT2D eigenvalue weighted by molar-refractivity contribution is 7.12. The van der Waals surface area contributed by atoms with Crippen molar-refractivity contribution < 1.29 is 24.5 Å². The Morgan fingerprint density at radius 3 is 2.73 bits per heavy atom. The average molecular weight is 432 g/mol. The van der Waals surface area contributed by atoms with Crippen molar-refractivity contribution in [2.75, 3.05) is 11.5 Å². The Balaban J connectivity index is 1.59. The molecule has 2 aromatic rings. The SMILES string of the molecule is CCCCC[C@H](O)c1ccc(N2C(=O)CC[C@@H]2COCc2ccsc2C(=O)O)cc1. The largest absolute Gasteiger partial charge is 0.477 e. The van der Waals surface area contributed by atoms with Crippen LogP contribution in [0.4, 0.5) is 5.69 Å². The van der Waals surface area contributed by atoms with E-state index in [1.807, 2.05) is 24.3 Å². The van der Waals surface area contributed by atoms with Gasteiger partial charge >= 0.3 is 5.97 Å². The molecule has 162 valence electrons. The highest BCUT2D eigenvalue weighted by atomic mass is 32.1. The molecule has 1 aliphatic rings. The van der Waals surface area contributed by atoms with E-state index in [9.17, 15) is 19.8 Å². The van der Waals surface area contributed by atoms with Gasteiger partial charge in [-0.25, -0.2) is 4.79 Å². The number of hydrogen-bond acceptors (Lipinski definition) is 5. The first-order valence-corrected chi connectivity index (χ1v) is 11.4. The number of carbonyl (C=O) groups excluding carboxylic acids is 1. The number of hydrogen-bond donors (Lipinski definition) is 2. The molecule has 6 nitrogen and oxygen atoms in total. The molecule has 1 aromatic carbocycles. The number of ether oxygens (including phenoxy) is 1. The van der Waals surface area contributed by atoms with Gasteiger partial charge in [0.05, 0.1) is 25.4 Å². The van der Waals surface area contributed by atoms with Gasteiger partial charge in [-0.05, 0) is 42.0 Å². The molecule has 2 atom stereocenters. The number of thiophene rings is 1. The number of carbonyl (C=O) groups is 2. The molecule has 1 saturated heterocycles. The van der Waals surface area contributed by atoms with Crippen LogP contribution < -0.4 is 4.90 Å². The van der Waals surface area contributed by atoms with Gasteiger partial charge in [-0.1, -0.05) is 38.3 Å². The number of anilines is 1. The van der Waals surface area contributed by atoms with Gasteiger partial charge in [0.15, 0.2) is 0 Å². The van der Waals surface area contributed by atoms with Gasteiger partial charge in [0.25, 0.3) is 0 Å². The molecule has 1 aromatic heterocycles. The van der Waals surface area contributed by atoms with Crippen LogP contribution in [0, 0.1) is 0 Å². The number of rotatable bonds is 11. The summed E-state index contributed by atoms with van der Waals surface area (Å²) in [5.41, 5.74) is 2.33. The van der Waals surface area contributed by atoms with Gasteiger partial charge in [-0.15, -0.1) is 11.3 Å². The molecule has 2 N–H and O–H groups in total. The van der Waals surface area contributed by atoms with Crippen LogP contribution in [0.15, 0.2) is 35.7 Å². The standard InChI is InChI=1S/C23H29NO5S/c1-2-3-4-5-20(25)16-6-8-18(9-7-16)24-19(10-11-21(24)26)15-29-14-17-12-13-30-22(17)23(27)28/h6-9,12-13,19-20,25H,2-5,10-11,14-15H2,1H3,(H,27,28)/t19-,20+/m1/s1. The van der Waals surface area contributed by atoms with Gasteiger partial charge in [0, 0.05) is 17.7 Å². The number of aliphatic hydroxyl groups excluding tert-OH is 1. The lowest BCUT2D eigenvalue weighted by atomic mass is 10.0. The molecule has 1 fully saturated rings. The lowest BCUT2D eigenvalue weighted by Gasteiger charge is -2.25. The van der Waals surface area contributed by atoms with E-state index in [0.29, 0.717) is 29.9 Å². The Bertz CT molecular complexity index is 848. The zero-order valence-electron chi connectivity index (χ0n) is 17.3. The molecule has 0 radical (unpaired) electrons. The molecule has 0 aliphatic carbocycles. The summed E-state index contributed by atoms with van der Waals surface area (Å²) in [5, 5.41) is 21.3. The van der Waals surface area contributed by atoms with Gasteiger partial charge in [0.1, 0.15) is 4.88 Å². The lowest BCUT2D eigenvalue weighted by Crippen LogP contribution is -2.36. The monoisotopic (exact) mass is 431 g/mol. The zero-order valence-corrected chi connectivity index (χ0v) is 18.1. The van der Waals surface area contributed by atoms with E-state index in [1.165, 1.54) is 11.3 Å².